The van der Waals surface area contributed by atoms with Crippen LogP contribution >= 0.6 is 0 Å². The number of methoxy groups -OCH3 is 1. The van der Waals surface area contributed by atoms with E-state index >= 15 is 0 Å². The second-order valence-electron chi connectivity index (χ2n) is 5.02. The van der Waals surface area contributed by atoms with Crippen LogP contribution in [-0.4, -0.2) is 41.5 Å². The Morgan fingerprint density at radius 3 is 2.95 bits per heavy atom. The number of nitrogens with one attached hydrogen (secondary N) is 1. The van der Waals surface area contributed by atoms with Crippen LogP contribution in [0.15, 0.2) is 18.2 Å². The summed E-state index contributed by atoms with van der Waals surface area (Å²) in [6, 6.07) is 5.82. The van der Waals surface area contributed by atoms with Gasteiger partial charge in [0.05, 0.1) is 18.8 Å². The molecule has 0 saturated carbocycles. The van der Waals surface area contributed by atoms with Crippen molar-refractivity contribution in [3.8, 4) is 5.88 Å². The number of likely N-dealkylation sites (tertiary alicyclic amines) is 1. The fourth-order valence-electron chi connectivity index (χ4n) is 2.30. The van der Waals surface area contributed by atoms with E-state index in [1.807, 2.05) is 36.9 Å². The smallest absolute Gasteiger partial charge is 0.240 e. The molecule has 5 heteroatoms. The molecule has 0 spiro atoms. The van der Waals surface area contributed by atoms with E-state index in [1.54, 1.807) is 7.11 Å². The lowest BCUT2D eigenvalue weighted by Gasteiger charge is -2.21. The zero-order chi connectivity index (χ0) is 13.8. The molecule has 0 bridgehead atoms. The number of amides is 1. The number of hydrogen-bond donors (Lipinski definition) is 1. The number of nitrogens with zero attached hydrogens (tertiary/aromatic N) is 2. The molecule has 1 aromatic heterocycles. The Labute approximate surface area is 114 Å². The van der Waals surface area contributed by atoms with Crippen LogP contribution in [-0.2, 0) is 11.3 Å². The zero-order valence-electron chi connectivity index (χ0n) is 11.7. The van der Waals surface area contributed by atoms with Gasteiger partial charge in [0.25, 0.3) is 0 Å². The molecule has 19 heavy (non-hydrogen) atoms. The number of hydrogen-bond acceptors (Lipinski definition) is 4. The number of rotatable bonds is 5. The zero-order valence-corrected chi connectivity index (χ0v) is 11.7. The topological polar surface area (TPSA) is 54.5 Å². The minimum Gasteiger partial charge on any atom is -0.481 e. The van der Waals surface area contributed by atoms with Gasteiger partial charge in [-0.3, -0.25) is 4.79 Å². The SMILES string of the molecule is COc1cccc(CNC2CCN(C(C)C)C2=O)n1. The maximum Gasteiger partial charge on any atom is 0.240 e. The third kappa shape index (κ3) is 3.23. The highest BCUT2D eigenvalue weighted by Crippen LogP contribution is 2.15. The first-order valence-corrected chi connectivity index (χ1v) is 6.65. The average Bonchev–Trinajstić information content (AvgIpc) is 2.78. The molecular formula is C14H21N3O2. The molecule has 1 saturated heterocycles. The highest BCUT2D eigenvalue weighted by Gasteiger charge is 2.32. The molecule has 0 radical (unpaired) electrons. The Morgan fingerprint density at radius 1 is 1.53 bits per heavy atom. The molecule has 1 aliphatic heterocycles. The van der Waals surface area contributed by atoms with Crippen LogP contribution < -0.4 is 10.1 Å². The van der Waals surface area contributed by atoms with E-state index in [4.69, 9.17) is 4.74 Å². The molecule has 5 nitrogen and oxygen atoms in total. The second kappa shape index (κ2) is 6.02. The van der Waals surface area contributed by atoms with E-state index in [-0.39, 0.29) is 18.0 Å². The standard InChI is InChI=1S/C14H21N3O2/c1-10(2)17-8-7-12(14(17)18)15-9-11-5-4-6-13(16-11)19-3/h4-6,10,12,15H,7-9H2,1-3H3. The van der Waals surface area contributed by atoms with E-state index in [2.05, 4.69) is 10.3 Å². The van der Waals surface area contributed by atoms with Crippen LogP contribution in [0, 0.1) is 0 Å². The Balaban J connectivity index is 1.91. The van der Waals surface area contributed by atoms with Crippen molar-refractivity contribution in [2.75, 3.05) is 13.7 Å². The maximum absolute atomic E-state index is 12.1. The van der Waals surface area contributed by atoms with E-state index in [9.17, 15) is 4.79 Å². The van der Waals surface area contributed by atoms with Crippen LogP contribution in [0.5, 0.6) is 5.88 Å². The van der Waals surface area contributed by atoms with Gasteiger partial charge >= 0.3 is 0 Å². The van der Waals surface area contributed by atoms with Gasteiger partial charge in [-0.2, -0.15) is 0 Å². The summed E-state index contributed by atoms with van der Waals surface area (Å²) in [5, 5.41) is 3.27. The Bertz CT molecular complexity index is 448. The lowest BCUT2D eigenvalue weighted by atomic mass is 10.2. The van der Waals surface area contributed by atoms with Gasteiger partial charge in [0, 0.05) is 25.2 Å². The molecular weight excluding hydrogens is 242 g/mol. The van der Waals surface area contributed by atoms with Crippen molar-refractivity contribution in [3.63, 3.8) is 0 Å². The molecule has 104 valence electrons. The highest BCUT2D eigenvalue weighted by molar-refractivity contribution is 5.84. The average molecular weight is 263 g/mol. The van der Waals surface area contributed by atoms with Crippen molar-refractivity contribution >= 4 is 5.91 Å². The third-order valence-electron chi connectivity index (χ3n) is 3.38. The molecule has 0 aliphatic carbocycles. The molecule has 1 atom stereocenters. The van der Waals surface area contributed by atoms with Crippen molar-refractivity contribution in [2.45, 2.75) is 38.9 Å². The minimum absolute atomic E-state index is 0.0876. The van der Waals surface area contributed by atoms with E-state index in [1.165, 1.54) is 0 Å². The van der Waals surface area contributed by atoms with Crippen molar-refractivity contribution in [3.05, 3.63) is 23.9 Å². The summed E-state index contributed by atoms with van der Waals surface area (Å²) < 4.78 is 5.08. The van der Waals surface area contributed by atoms with Gasteiger partial charge < -0.3 is 15.0 Å². The quantitative estimate of drug-likeness (QED) is 0.867. The maximum atomic E-state index is 12.1. The van der Waals surface area contributed by atoms with E-state index < -0.39 is 0 Å². The van der Waals surface area contributed by atoms with Crippen LogP contribution in [0.3, 0.4) is 0 Å². The molecule has 1 aromatic rings. The van der Waals surface area contributed by atoms with Gasteiger partial charge in [-0.05, 0) is 26.3 Å². The fourth-order valence-corrected chi connectivity index (χ4v) is 2.30. The summed E-state index contributed by atoms with van der Waals surface area (Å²) in [5.74, 6) is 0.791. The first-order valence-electron chi connectivity index (χ1n) is 6.65. The number of carbonyl (C=O) groups excluding carboxylic acids is 1. The monoisotopic (exact) mass is 263 g/mol. The molecule has 2 heterocycles. The van der Waals surface area contributed by atoms with Crippen LogP contribution in [0.4, 0.5) is 0 Å². The van der Waals surface area contributed by atoms with Gasteiger partial charge in [0.2, 0.25) is 11.8 Å². The molecule has 1 N–H and O–H groups in total. The number of pyridine rings is 1. The van der Waals surface area contributed by atoms with Crippen LogP contribution in [0.1, 0.15) is 26.0 Å². The summed E-state index contributed by atoms with van der Waals surface area (Å²) in [7, 11) is 1.60. The van der Waals surface area contributed by atoms with Gasteiger partial charge in [-0.15, -0.1) is 0 Å². The number of carbonyl (C=O) groups is 1. The lowest BCUT2D eigenvalue weighted by Crippen LogP contribution is -2.40. The van der Waals surface area contributed by atoms with Crippen molar-refractivity contribution < 1.29 is 9.53 Å². The van der Waals surface area contributed by atoms with E-state index in [0.717, 1.165) is 18.7 Å². The fraction of sp³-hybridized carbons (Fsp3) is 0.571. The summed E-state index contributed by atoms with van der Waals surface area (Å²) in [5.41, 5.74) is 0.884. The molecule has 1 amide bonds. The predicted molar refractivity (Wildman–Crippen MR) is 72.9 cm³/mol. The summed E-state index contributed by atoms with van der Waals surface area (Å²) >= 11 is 0. The Hall–Kier alpha value is -1.62. The van der Waals surface area contributed by atoms with Gasteiger partial charge in [-0.1, -0.05) is 6.07 Å². The largest absolute Gasteiger partial charge is 0.481 e. The third-order valence-corrected chi connectivity index (χ3v) is 3.38. The minimum atomic E-state index is -0.0876. The van der Waals surface area contributed by atoms with Gasteiger partial charge in [-0.25, -0.2) is 4.98 Å². The molecule has 0 aromatic carbocycles. The molecule has 1 fully saturated rings. The van der Waals surface area contributed by atoms with Crippen LogP contribution in [0.2, 0.25) is 0 Å². The Kier molecular flexibility index (Phi) is 4.37. The second-order valence-corrected chi connectivity index (χ2v) is 5.02. The molecule has 1 unspecified atom stereocenters. The Morgan fingerprint density at radius 2 is 2.32 bits per heavy atom. The van der Waals surface area contributed by atoms with Gasteiger partial charge in [0.1, 0.15) is 0 Å². The first kappa shape index (κ1) is 13.8. The van der Waals surface area contributed by atoms with Gasteiger partial charge in [0.15, 0.2) is 0 Å². The van der Waals surface area contributed by atoms with Crippen molar-refractivity contribution in [1.82, 2.24) is 15.2 Å². The molecule has 2 rings (SSSR count). The van der Waals surface area contributed by atoms with Crippen LogP contribution in [0.25, 0.3) is 0 Å². The van der Waals surface area contributed by atoms with Crippen molar-refractivity contribution in [1.29, 1.82) is 0 Å². The summed E-state index contributed by atoms with van der Waals surface area (Å²) in [4.78, 5) is 18.3. The normalized spacial score (nSPS) is 19.3. The lowest BCUT2D eigenvalue weighted by molar-refractivity contribution is -0.130. The summed E-state index contributed by atoms with van der Waals surface area (Å²) in [6.07, 6.45) is 0.862. The number of aromatic nitrogens is 1. The first-order chi connectivity index (χ1) is 9.11. The molecule has 1 aliphatic rings. The summed E-state index contributed by atoms with van der Waals surface area (Å²) in [6.45, 7) is 5.51. The highest BCUT2D eigenvalue weighted by atomic mass is 16.5. The van der Waals surface area contributed by atoms with Crippen molar-refractivity contribution in [2.24, 2.45) is 0 Å². The van der Waals surface area contributed by atoms with E-state index in [0.29, 0.717) is 12.4 Å². The predicted octanol–water partition coefficient (Wildman–Crippen LogP) is 1.19. The number of ether oxygens (including phenoxy) is 1.